The molecule has 0 atom stereocenters. The summed E-state index contributed by atoms with van der Waals surface area (Å²) in [5.74, 6) is -2.14. The van der Waals surface area contributed by atoms with Crippen LogP contribution in [0.3, 0.4) is 0 Å². The van der Waals surface area contributed by atoms with Gasteiger partial charge in [0.15, 0.2) is 17.2 Å². The maximum Gasteiger partial charge on any atom is 0.251 e. The van der Waals surface area contributed by atoms with Gasteiger partial charge in [-0.25, -0.2) is 0 Å². The van der Waals surface area contributed by atoms with Crippen molar-refractivity contribution in [3.05, 3.63) is 17.7 Å². The minimum atomic E-state index is -0.682. The summed E-state index contributed by atoms with van der Waals surface area (Å²) in [6, 6.07) is 2.06. The van der Waals surface area contributed by atoms with Crippen molar-refractivity contribution < 1.29 is 24.9 Å². The van der Waals surface area contributed by atoms with Gasteiger partial charge in [0.2, 0.25) is 5.91 Å². The van der Waals surface area contributed by atoms with Crippen molar-refractivity contribution in [1.29, 1.82) is 0 Å². The van der Waals surface area contributed by atoms with E-state index in [1.54, 1.807) is 0 Å². The number of aromatic hydroxyl groups is 3. The van der Waals surface area contributed by atoms with Crippen LogP contribution in [0.25, 0.3) is 0 Å². The number of carbonyl (C=O) groups excluding carboxylic acids is 2. The summed E-state index contributed by atoms with van der Waals surface area (Å²) in [5.41, 5.74) is -0.00346. The van der Waals surface area contributed by atoms with E-state index in [1.165, 1.54) is 0 Å². The number of hydrogen-bond donors (Lipinski definition) is 5. The van der Waals surface area contributed by atoms with Crippen LogP contribution in [0, 0.1) is 0 Å². The number of phenolic OH excluding ortho intramolecular Hbond substituents is 3. The Bertz CT molecular complexity index is 498. The summed E-state index contributed by atoms with van der Waals surface area (Å²) in [6.45, 7) is 0.441. The molecule has 0 saturated heterocycles. The molecule has 1 rings (SSSR count). The lowest BCUT2D eigenvalue weighted by molar-refractivity contribution is -0.121. The Balaban J connectivity index is 2.39. The fraction of sp³-hybridized carbons (Fsp3) is 0.385. The van der Waals surface area contributed by atoms with Crippen molar-refractivity contribution in [2.24, 2.45) is 0 Å². The van der Waals surface area contributed by atoms with Crippen molar-refractivity contribution in [3.63, 3.8) is 0 Å². The highest BCUT2D eigenvalue weighted by atomic mass is 35.5. The Labute approximate surface area is 126 Å². The van der Waals surface area contributed by atoms with Crippen molar-refractivity contribution in [2.45, 2.75) is 12.8 Å². The zero-order valence-corrected chi connectivity index (χ0v) is 12.0. The largest absolute Gasteiger partial charge is 0.504 e. The van der Waals surface area contributed by atoms with Crippen LogP contribution >= 0.6 is 11.6 Å². The van der Waals surface area contributed by atoms with Crippen molar-refractivity contribution in [1.82, 2.24) is 10.6 Å². The van der Waals surface area contributed by atoms with E-state index in [9.17, 15) is 19.8 Å². The quantitative estimate of drug-likeness (QED) is 0.288. The lowest BCUT2D eigenvalue weighted by Gasteiger charge is -2.08. The molecule has 0 saturated carbocycles. The normalized spacial score (nSPS) is 10.1. The molecule has 0 aromatic heterocycles. The molecule has 5 N–H and O–H groups in total. The molecule has 21 heavy (non-hydrogen) atoms. The molecule has 8 heteroatoms. The van der Waals surface area contributed by atoms with E-state index >= 15 is 0 Å². The third-order valence-electron chi connectivity index (χ3n) is 2.60. The van der Waals surface area contributed by atoms with Gasteiger partial charge < -0.3 is 26.0 Å². The predicted molar refractivity (Wildman–Crippen MR) is 76.7 cm³/mol. The van der Waals surface area contributed by atoms with Gasteiger partial charge in [-0.2, -0.15) is 0 Å². The molecule has 0 heterocycles. The minimum Gasteiger partial charge on any atom is -0.504 e. The predicted octanol–water partition coefficient (Wildman–Crippen LogP) is 0.668. The van der Waals surface area contributed by atoms with Gasteiger partial charge in [0.25, 0.3) is 5.91 Å². The molecular formula is C13H17ClN2O5. The van der Waals surface area contributed by atoms with Crippen LogP contribution in [0.5, 0.6) is 17.2 Å². The first-order valence-electron chi connectivity index (χ1n) is 6.31. The Hall–Kier alpha value is -2.15. The van der Waals surface area contributed by atoms with E-state index in [2.05, 4.69) is 10.6 Å². The Kier molecular flexibility index (Phi) is 6.61. The van der Waals surface area contributed by atoms with Gasteiger partial charge in [-0.05, 0) is 18.6 Å². The van der Waals surface area contributed by atoms with Crippen molar-refractivity contribution >= 4 is 23.4 Å². The molecule has 0 spiro atoms. The zero-order chi connectivity index (χ0) is 15.8. The fourth-order valence-electron chi connectivity index (χ4n) is 1.53. The van der Waals surface area contributed by atoms with Crippen LogP contribution in [-0.4, -0.2) is 46.1 Å². The molecule has 0 bridgehead atoms. The monoisotopic (exact) mass is 316 g/mol. The van der Waals surface area contributed by atoms with Crippen molar-refractivity contribution in [2.75, 3.05) is 19.0 Å². The standard InChI is InChI=1S/C13H17ClN2O5/c14-3-1-2-11(19)15-4-5-16-13(21)8-6-9(17)12(20)10(18)7-8/h6-7,17-18,20H,1-5H2,(H,15,19)(H,16,21). The number of hydrogen-bond acceptors (Lipinski definition) is 5. The van der Waals surface area contributed by atoms with E-state index in [0.717, 1.165) is 12.1 Å². The maximum atomic E-state index is 11.7. The lowest BCUT2D eigenvalue weighted by Crippen LogP contribution is -2.34. The first-order chi connectivity index (χ1) is 9.95. The number of halogens is 1. The summed E-state index contributed by atoms with van der Waals surface area (Å²) < 4.78 is 0. The molecule has 0 aliphatic carbocycles. The summed E-state index contributed by atoms with van der Waals surface area (Å²) >= 11 is 5.46. The van der Waals surface area contributed by atoms with E-state index in [-0.39, 0.29) is 24.6 Å². The third kappa shape index (κ3) is 5.39. The van der Waals surface area contributed by atoms with Gasteiger partial charge in [0.05, 0.1) is 0 Å². The molecule has 0 fully saturated rings. The molecule has 0 radical (unpaired) electrons. The number of nitrogens with one attached hydrogen (secondary N) is 2. The van der Waals surface area contributed by atoms with Gasteiger partial charge in [0.1, 0.15) is 0 Å². The highest BCUT2D eigenvalue weighted by molar-refractivity contribution is 6.17. The highest BCUT2D eigenvalue weighted by Crippen LogP contribution is 2.35. The summed E-state index contributed by atoms with van der Waals surface area (Å²) in [5, 5.41) is 32.9. The fourth-order valence-corrected chi connectivity index (χ4v) is 1.66. The Morgan fingerprint density at radius 1 is 1.05 bits per heavy atom. The maximum absolute atomic E-state index is 11.7. The molecule has 116 valence electrons. The van der Waals surface area contributed by atoms with Gasteiger partial charge in [-0.1, -0.05) is 0 Å². The second-order valence-corrected chi connectivity index (χ2v) is 4.64. The Morgan fingerprint density at radius 2 is 1.62 bits per heavy atom. The van der Waals surface area contributed by atoms with E-state index in [4.69, 9.17) is 16.7 Å². The summed E-state index contributed by atoms with van der Waals surface area (Å²) in [4.78, 5) is 23.0. The van der Waals surface area contributed by atoms with Crippen LogP contribution in [0.15, 0.2) is 12.1 Å². The average molecular weight is 317 g/mol. The molecule has 2 amide bonds. The van der Waals surface area contributed by atoms with Crippen LogP contribution in [0.2, 0.25) is 0 Å². The van der Waals surface area contributed by atoms with Gasteiger partial charge in [0, 0.05) is 31.0 Å². The van der Waals surface area contributed by atoms with E-state index in [0.29, 0.717) is 18.7 Å². The molecule has 0 aliphatic heterocycles. The number of benzene rings is 1. The van der Waals surface area contributed by atoms with E-state index < -0.39 is 23.2 Å². The molecule has 0 aliphatic rings. The van der Waals surface area contributed by atoms with Crippen LogP contribution in [-0.2, 0) is 4.79 Å². The lowest BCUT2D eigenvalue weighted by atomic mass is 10.1. The highest BCUT2D eigenvalue weighted by Gasteiger charge is 2.13. The average Bonchev–Trinajstić information content (AvgIpc) is 2.46. The Morgan fingerprint density at radius 3 is 2.19 bits per heavy atom. The molecule has 1 aromatic rings. The minimum absolute atomic E-state index is 0.00346. The first-order valence-corrected chi connectivity index (χ1v) is 6.85. The molecule has 1 aromatic carbocycles. The SMILES string of the molecule is O=C(CCCCl)NCCNC(=O)c1cc(O)c(O)c(O)c1. The molecule has 7 nitrogen and oxygen atoms in total. The number of carbonyl (C=O) groups is 2. The number of alkyl halides is 1. The molecular weight excluding hydrogens is 300 g/mol. The van der Waals surface area contributed by atoms with Gasteiger partial charge in [-0.15, -0.1) is 11.6 Å². The second-order valence-electron chi connectivity index (χ2n) is 4.26. The first kappa shape index (κ1) is 16.9. The number of rotatable bonds is 7. The van der Waals surface area contributed by atoms with Crippen molar-refractivity contribution in [3.8, 4) is 17.2 Å². The summed E-state index contributed by atoms with van der Waals surface area (Å²) in [6.07, 6.45) is 0.920. The third-order valence-corrected chi connectivity index (χ3v) is 2.87. The van der Waals surface area contributed by atoms with Crippen LogP contribution < -0.4 is 10.6 Å². The van der Waals surface area contributed by atoms with Gasteiger partial charge >= 0.3 is 0 Å². The molecule has 0 unspecified atom stereocenters. The van der Waals surface area contributed by atoms with Gasteiger partial charge in [-0.3, -0.25) is 9.59 Å². The second kappa shape index (κ2) is 8.21. The van der Waals surface area contributed by atoms with Crippen LogP contribution in [0.1, 0.15) is 23.2 Å². The van der Waals surface area contributed by atoms with Crippen LogP contribution in [0.4, 0.5) is 0 Å². The number of amides is 2. The van der Waals surface area contributed by atoms with E-state index in [1.807, 2.05) is 0 Å². The summed E-state index contributed by atoms with van der Waals surface area (Å²) in [7, 11) is 0. The zero-order valence-electron chi connectivity index (χ0n) is 11.2. The smallest absolute Gasteiger partial charge is 0.251 e. The number of phenols is 3. The topological polar surface area (TPSA) is 119 Å².